The lowest BCUT2D eigenvalue weighted by atomic mass is 10.2. The molecule has 2 aromatic heterocycles. The molecule has 0 N–H and O–H groups in total. The van der Waals surface area contributed by atoms with Crippen LogP contribution in [0.4, 0.5) is 0 Å². The Labute approximate surface area is 98.1 Å². The fourth-order valence-corrected chi connectivity index (χ4v) is 1.39. The van der Waals surface area contributed by atoms with E-state index in [1.54, 1.807) is 14.0 Å². The molecule has 0 spiro atoms. The second-order valence-electron chi connectivity index (χ2n) is 4.24. The molecule has 7 heteroatoms. The fourth-order valence-electron chi connectivity index (χ4n) is 1.39. The predicted molar refractivity (Wildman–Crippen MR) is 59.7 cm³/mol. The van der Waals surface area contributed by atoms with Crippen molar-refractivity contribution in [2.75, 3.05) is 0 Å². The summed E-state index contributed by atoms with van der Waals surface area (Å²) < 4.78 is 8.21. The summed E-state index contributed by atoms with van der Waals surface area (Å²) in [6.07, 6.45) is 0. The molecule has 2 rings (SSSR count). The molecule has 17 heavy (non-hydrogen) atoms. The molecular weight excluding hydrogens is 222 g/mol. The quantitative estimate of drug-likeness (QED) is 0.774. The Morgan fingerprint density at radius 3 is 2.53 bits per heavy atom. The number of aromatic nitrogens is 5. The van der Waals surface area contributed by atoms with Crippen LogP contribution < -0.4 is 5.69 Å². The SMILES string of the molecule is Cc1nn(Cc2nnc(C(C)C)o2)c(=O)n1C. The van der Waals surface area contributed by atoms with Gasteiger partial charge in [0.1, 0.15) is 12.4 Å². The van der Waals surface area contributed by atoms with Crippen LogP contribution in [0.1, 0.15) is 37.4 Å². The Balaban J connectivity index is 2.25. The van der Waals surface area contributed by atoms with E-state index in [0.717, 1.165) is 0 Å². The van der Waals surface area contributed by atoms with E-state index in [1.165, 1.54) is 9.25 Å². The summed E-state index contributed by atoms with van der Waals surface area (Å²) >= 11 is 0. The van der Waals surface area contributed by atoms with Crippen molar-refractivity contribution in [1.82, 2.24) is 24.5 Å². The first-order chi connectivity index (χ1) is 7.99. The number of aryl methyl sites for hydroxylation is 1. The standard InChI is InChI=1S/C10H15N5O2/c1-6(2)9-12-11-8(17-9)5-15-10(16)14(4)7(3)13-15/h6H,5H2,1-4H3. The highest BCUT2D eigenvalue weighted by Crippen LogP contribution is 2.11. The lowest BCUT2D eigenvalue weighted by Crippen LogP contribution is -2.23. The van der Waals surface area contributed by atoms with Gasteiger partial charge in [-0.05, 0) is 6.92 Å². The zero-order chi connectivity index (χ0) is 12.6. The third-order valence-corrected chi connectivity index (χ3v) is 2.52. The van der Waals surface area contributed by atoms with Gasteiger partial charge in [-0.25, -0.2) is 9.48 Å². The van der Waals surface area contributed by atoms with Crippen molar-refractivity contribution in [3.05, 3.63) is 28.1 Å². The number of hydrogen-bond donors (Lipinski definition) is 0. The van der Waals surface area contributed by atoms with Crippen LogP contribution in [0.3, 0.4) is 0 Å². The topological polar surface area (TPSA) is 78.7 Å². The highest BCUT2D eigenvalue weighted by molar-refractivity contribution is 4.89. The van der Waals surface area contributed by atoms with Gasteiger partial charge in [0.2, 0.25) is 11.8 Å². The second kappa shape index (κ2) is 4.15. The number of hydrogen-bond acceptors (Lipinski definition) is 5. The summed E-state index contributed by atoms with van der Waals surface area (Å²) in [7, 11) is 1.68. The molecule has 2 heterocycles. The van der Waals surface area contributed by atoms with E-state index in [1.807, 2.05) is 13.8 Å². The summed E-state index contributed by atoms with van der Waals surface area (Å²) in [5.74, 6) is 1.80. The van der Waals surface area contributed by atoms with Crippen molar-refractivity contribution >= 4 is 0 Å². The van der Waals surface area contributed by atoms with Gasteiger partial charge in [-0.15, -0.1) is 10.2 Å². The van der Waals surface area contributed by atoms with Crippen LogP contribution in [-0.2, 0) is 13.6 Å². The molecule has 2 aromatic rings. The van der Waals surface area contributed by atoms with Crippen LogP contribution in [0.15, 0.2) is 9.21 Å². The summed E-state index contributed by atoms with van der Waals surface area (Å²) in [5, 5.41) is 11.9. The van der Waals surface area contributed by atoms with E-state index in [2.05, 4.69) is 15.3 Å². The van der Waals surface area contributed by atoms with Crippen molar-refractivity contribution in [3.8, 4) is 0 Å². The van der Waals surface area contributed by atoms with Gasteiger partial charge in [-0.2, -0.15) is 5.10 Å². The van der Waals surface area contributed by atoms with E-state index >= 15 is 0 Å². The van der Waals surface area contributed by atoms with E-state index in [9.17, 15) is 4.79 Å². The summed E-state index contributed by atoms with van der Waals surface area (Å²) in [6.45, 7) is 5.91. The van der Waals surface area contributed by atoms with Crippen LogP contribution >= 0.6 is 0 Å². The number of nitrogens with zero attached hydrogens (tertiary/aromatic N) is 5. The van der Waals surface area contributed by atoms with Crippen LogP contribution in [0.2, 0.25) is 0 Å². The largest absolute Gasteiger partial charge is 0.423 e. The third kappa shape index (κ3) is 2.13. The van der Waals surface area contributed by atoms with Gasteiger partial charge in [-0.3, -0.25) is 4.57 Å². The van der Waals surface area contributed by atoms with Gasteiger partial charge < -0.3 is 4.42 Å². The molecule has 0 aliphatic rings. The molecule has 0 saturated carbocycles. The minimum absolute atomic E-state index is 0.179. The minimum Gasteiger partial charge on any atom is -0.423 e. The van der Waals surface area contributed by atoms with Gasteiger partial charge >= 0.3 is 5.69 Å². The molecule has 7 nitrogen and oxygen atoms in total. The Morgan fingerprint density at radius 2 is 2.06 bits per heavy atom. The highest BCUT2D eigenvalue weighted by Gasteiger charge is 2.13. The molecule has 0 aliphatic carbocycles. The Bertz CT molecular complexity index is 578. The van der Waals surface area contributed by atoms with Gasteiger partial charge in [0.05, 0.1) is 0 Å². The van der Waals surface area contributed by atoms with Crippen LogP contribution in [0.5, 0.6) is 0 Å². The average molecular weight is 237 g/mol. The normalized spacial score (nSPS) is 11.4. The first kappa shape index (κ1) is 11.6. The number of rotatable bonds is 3. The van der Waals surface area contributed by atoms with Crippen LogP contribution in [0.25, 0.3) is 0 Å². The molecule has 0 bridgehead atoms. The summed E-state index contributed by atoms with van der Waals surface area (Å²) in [5.41, 5.74) is -0.188. The van der Waals surface area contributed by atoms with Gasteiger partial charge in [0, 0.05) is 13.0 Å². The van der Waals surface area contributed by atoms with E-state index in [4.69, 9.17) is 4.42 Å². The molecular formula is C10H15N5O2. The minimum atomic E-state index is -0.188. The second-order valence-corrected chi connectivity index (χ2v) is 4.24. The van der Waals surface area contributed by atoms with E-state index in [-0.39, 0.29) is 18.2 Å². The maximum Gasteiger partial charge on any atom is 0.346 e. The average Bonchev–Trinajstić information content (AvgIpc) is 2.82. The van der Waals surface area contributed by atoms with Crippen LogP contribution in [-0.4, -0.2) is 24.5 Å². The Morgan fingerprint density at radius 1 is 1.35 bits per heavy atom. The highest BCUT2D eigenvalue weighted by atomic mass is 16.4. The van der Waals surface area contributed by atoms with Crippen molar-refractivity contribution in [3.63, 3.8) is 0 Å². The smallest absolute Gasteiger partial charge is 0.346 e. The van der Waals surface area contributed by atoms with Gasteiger partial charge in [0.25, 0.3) is 0 Å². The molecule has 0 saturated heterocycles. The zero-order valence-corrected chi connectivity index (χ0v) is 10.3. The Hall–Kier alpha value is -1.92. The van der Waals surface area contributed by atoms with Crippen molar-refractivity contribution in [1.29, 1.82) is 0 Å². The molecule has 0 radical (unpaired) electrons. The monoisotopic (exact) mass is 237 g/mol. The zero-order valence-electron chi connectivity index (χ0n) is 10.3. The molecule has 0 aliphatic heterocycles. The molecule has 0 amide bonds. The maximum atomic E-state index is 11.7. The first-order valence-corrected chi connectivity index (χ1v) is 5.41. The molecule has 0 aromatic carbocycles. The van der Waals surface area contributed by atoms with Crippen molar-refractivity contribution in [2.45, 2.75) is 33.2 Å². The van der Waals surface area contributed by atoms with E-state index in [0.29, 0.717) is 17.6 Å². The van der Waals surface area contributed by atoms with Gasteiger partial charge in [-0.1, -0.05) is 13.8 Å². The summed E-state index contributed by atoms with van der Waals surface area (Å²) in [6, 6.07) is 0. The predicted octanol–water partition coefficient (Wildman–Crippen LogP) is 0.445. The van der Waals surface area contributed by atoms with Crippen molar-refractivity contribution < 1.29 is 4.42 Å². The summed E-state index contributed by atoms with van der Waals surface area (Å²) in [4.78, 5) is 11.7. The van der Waals surface area contributed by atoms with Crippen molar-refractivity contribution in [2.24, 2.45) is 7.05 Å². The van der Waals surface area contributed by atoms with Gasteiger partial charge in [0.15, 0.2) is 0 Å². The maximum absolute atomic E-state index is 11.7. The fraction of sp³-hybridized carbons (Fsp3) is 0.600. The molecule has 0 atom stereocenters. The molecule has 0 unspecified atom stereocenters. The molecule has 0 fully saturated rings. The lowest BCUT2D eigenvalue weighted by Gasteiger charge is -1.95. The third-order valence-electron chi connectivity index (χ3n) is 2.52. The van der Waals surface area contributed by atoms with E-state index < -0.39 is 0 Å². The lowest BCUT2D eigenvalue weighted by molar-refractivity contribution is 0.412. The first-order valence-electron chi connectivity index (χ1n) is 5.41. The molecule has 92 valence electrons. The Kier molecular flexibility index (Phi) is 2.83. The van der Waals surface area contributed by atoms with Crippen LogP contribution in [0, 0.1) is 6.92 Å².